The Morgan fingerprint density at radius 1 is 0.879 bits per heavy atom. The van der Waals surface area contributed by atoms with Crippen LogP contribution in [0.2, 0.25) is 0 Å². The normalized spacial score (nSPS) is 52.8. The summed E-state index contributed by atoms with van der Waals surface area (Å²) in [4.78, 5) is 25.7. The summed E-state index contributed by atoms with van der Waals surface area (Å²) in [6, 6.07) is 0. The molecule has 0 saturated heterocycles. The number of carboxylic acids is 1. The fourth-order valence-electron chi connectivity index (χ4n) is 11.3. The summed E-state index contributed by atoms with van der Waals surface area (Å²) in [5.74, 6) is 2.07. The quantitative estimate of drug-likeness (QED) is 0.445. The molecule has 1 unspecified atom stereocenters. The molecule has 5 saturated carbocycles. The largest absolute Gasteiger partial charge is 0.481 e. The van der Waals surface area contributed by atoms with Crippen molar-refractivity contribution in [2.45, 2.75) is 106 Å². The molecule has 3 heteroatoms. The van der Waals surface area contributed by atoms with Gasteiger partial charge in [-0.15, -0.1) is 0 Å². The van der Waals surface area contributed by atoms with Gasteiger partial charge in [-0.05, 0) is 111 Å². The predicted molar refractivity (Wildman–Crippen MR) is 132 cm³/mol. The van der Waals surface area contributed by atoms with Crippen molar-refractivity contribution >= 4 is 11.8 Å². The van der Waals surface area contributed by atoms with E-state index in [0.29, 0.717) is 29.5 Å². The fraction of sp³-hybridized carbons (Fsp3) is 0.867. The van der Waals surface area contributed by atoms with Gasteiger partial charge < -0.3 is 5.11 Å². The second-order valence-electron chi connectivity index (χ2n) is 14.3. The molecule has 184 valence electrons. The Bertz CT molecular complexity index is 902. The SMILES string of the molecule is C=C(C)[C@@H]1CC[C@@]2(C(=O)O)CC[C@]3(C)C(CC[C@@H]4[C@@]5(C)CCC(=O)C(C)(C)[C@@H]5CC[C@]43C)[C@@H]12. The van der Waals surface area contributed by atoms with Crippen molar-refractivity contribution in [1.82, 2.24) is 0 Å². The number of ketones is 1. The Balaban J connectivity index is 1.57. The zero-order chi connectivity index (χ0) is 24.2. The van der Waals surface area contributed by atoms with Gasteiger partial charge in [0, 0.05) is 11.8 Å². The number of carbonyl (C=O) groups is 2. The first kappa shape index (κ1) is 23.6. The summed E-state index contributed by atoms with van der Waals surface area (Å²) >= 11 is 0. The van der Waals surface area contributed by atoms with E-state index < -0.39 is 11.4 Å². The molecule has 5 fully saturated rings. The molecule has 0 aromatic rings. The van der Waals surface area contributed by atoms with Crippen LogP contribution in [0.5, 0.6) is 0 Å². The molecule has 0 radical (unpaired) electrons. The first-order valence-corrected chi connectivity index (χ1v) is 13.7. The lowest BCUT2D eigenvalue weighted by atomic mass is 9.32. The summed E-state index contributed by atoms with van der Waals surface area (Å²) in [7, 11) is 0. The minimum absolute atomic E-state index is 0.164. The number of carbonyl (C=O) groups excluding carboxylic acids is 1. The second-order valence-corrected chi connectivity index (χ2v) is 14.3. The van der Waals surface area contributed by atoms with E-state index in [9.17, 15) is 14.7 Å². The molecule has 5 rings (SSSR count). The Labute approximate surface area is 201 Å². The zero-order valence-corrected chi connectivity index (χ0v) is 21.9. The zero-order valence-electron chi connectivity index (χ0n) is 21.9. The molecule has 0 spiro atoms. The lowest BCUT2D eigenvalue weighted by Gasteiger charge is -2.72. The fourth-order valence-corrected chi connectivity index (χ4v) is 11.3. The first-order valence-electron chi connectivity index (χ1n) is 13.7. The van der Waals surface area contributed by atoms with E-state index >= 15 is 0 Å². The van der Waals surface area contributed by atoms with Crippen molar-refractivity contribution in [3.05, 3.63) is 12.2 Å². The average Bonchev–Trinajstić information content (AvgIpc) is 3.13. The molecule has 0 aromatic heterocycles. The molecule has 0 bridgehead atoms. The lowest BCUT2D eigenvalue weighted by molar-refractivity contribution is -0.235. The molecule has 1 N–H and O–H groups in total. The highest BCUT2D eigenvalue weighted by atomic mass is 16.4. The maximum Gasteiger partial charge on any atom is 0.309 e. The molecule has 9 atom stereocenters. The molecule has 0 heterocycles. The maximum atomic E-state index is 12.9. The van der Waals surface area contributed by atoms with Crippen molar-refractivity contribution < 1.29 is 14.7 Å². The summed E-state index contributed by atoms with van der Waals surface area (Å²) in [6.07, 6.45) is 10.1. The Morgan fingerprint density at radius 2 is 1.58 bits per heavy atom. The van der Waals surface area contributed by atoms with E-state index in [1.54, 1.807) is 0 Å². The van der Waals surface area contributed by atoms with Gasteiger partial charge in [0.1, 0.15) is 5.78 Å². The molecular weight excluding hydrogens is 408 g/mol. The van der Waals surface area contributed by atoms with Gasteiger partial charge in [-0.2, -0.15) is 0 Å². The number of carboxylic acid groups (broad SMARTS) is 1. The second kappa shape index (κ2) is 6.97. The number of allylic oxidation sites excluding steroid dienone is 1. The molecule has 0 aromatic carbocycles. The van der Waals surface area contributed by atoms with Crippen LogP contribution < -0.4 is 0 Å². The molecule has 3 nitrogen and oxygen atoms in total. The third-order valence-corrected chi connectivity index (χ3v) is 13.2. The topological polar surface area (TPSA) is 54.4 Å². The summed E-state index contributed by atoms with van der Waals surface area (Å²) < 4.78 is 0. The van der Waals surface area contributed by atoms with Gasteiger partial charge in [0.15, 0.2) is 0 Å². The van der Waals surface area contributed by atoms with E-state index in [4.69, 9.17) is 0 Å². The standard InChI is InChI=1S/C30H46O3/c1-18(2)19-10-15-30(25(32)33)17-16-28(6)20(24(19)30)8-9-22-27(5)13-12-23(31)26(3,4)21(27)11-14-29(22,28)7/h19-22,24H,1,8-17H2,2-7H3,(H,32,33)/t19-,20?,21-,22+,24+,27-,28+,29+,30+/m0/s1. The minimum Gasteiger partial charge on any atom is -0.481 e. The molecule has 5 aliphatic rings. The van der Waals surface area contributed by atoms with Crippen LogP contribution in [-0.4, -0.2) is 16.9 Å². The van der Waals surface area contributed by atoms with Gasteiger partial charge in [-0.1, -0.05) is 46.8 Å². The molecular formula is C30H46O3. The Morgan fingerprint density at radius 3 is 2.21 bits per heavy atom. The average molecular weight is 455 g/mol. The number of rotatable bonds is 2. The highest BCUT2D eigenvalue weighted by molar-refractivity contribution is 5.85. The van der Waals surface area contributed by atoms with Crippen LogP contribution >= 0.6 is 0 Å². The predicted octanol–water partition coefficient (Wildman–Crippen LogP) is 7.30. The number of hydrogen-bond donors (Lipinski definition) is 1. The van der Waals surface area contributed by atoms with Crippen molar-refractivity contribution in [2.75, 3.05) is 0 Å². The Kier molecular flexibility index (Phi) is 4.99. The van der Waals surface area contributed by atoms with Crippen LogP contribution in [-0.2, 0) is 9.59 Å². The van der Waals surface area contributed by atoms with Gasteiger partial charge in [0.05, 0.1) is 5.41 Å². The third-order valence-electron chi connectivity index (χ3n) is 13.2. The summed E-state index contributed by atoms with van der Waals surface area (Å²) in [5.41, 5.74) is 1.03. The molecule has 33 heavy (non-hydrogen) atoms. The third kappa shape index (κ3) is 2.69. The van der Waals surface area contributed by atoms with Crippen LogP contribution in [0.25, 0.3) is 0 Å². The van der Waals surface area contributed by atoms with Crippen LogP contribution in [0.15, 0.2) is 12.2 Å². The summed E-state index contributed by atoms with van der Waals surface area (Å²) in [5, 5.41) is 10.5. The van der Waals surface area contributed by atoms with Crippen LogP contribution in [0, 0.1) is 56.7 Å². The smallest absolute Gasteiger partial charge is 0.309 e. The first-order chi connectivity index (χ1) is 15.3. The highest BCUT2D eigenvalue weighted by Crippen LogP contribution is 2.77. The van der Waals surface area contributed by atoms with E-state index in [0.717, 1.165) is 51.4 Å². The van der Waals surface area contributed by atoms with E-state index in [1.807, 2.05) is 0 Å². The number of Topliss-reactive ketones (excluding diaryl/α,β-unsaturated/α-hetero) is 1. The monoisotopic (exact) mass is 454 g/mol. The van der Waals surface area contributed by atoms with Gasteiger partial charge in [0.2, 0.25) is 0 Å². The molecule has 0 amide bonds. The van der Waals surface area contributed by atoms with Crippen LogP contribution in [0.1, 0.15) is 106 Å². The van der Waals surface area contributed by atoms with Crippen LogP contribution in [0.3, 0.4) is 0 Å². The van der Waals surface area contributed by atoms with E-state index in [2.05, 4.69) is 48.1 Å². The van der Waals surface area contributed by atoms with Gasteiger partial charge in [0.25, 0.3) is 0 Å². The summed E-state index contributed by atoms with van der Waals surface area (Å²) in [6.45, 7) is 18.5. The molecule has 0 aliphatic heterocycles. The molecule has 5 aliphatic carbocycles. The number of fused-ring (bicyclic) bond motifs is 7. The minimum atomic E-state index is -0.547. The Hall–Kier alpha value is -1.12. The van der Waals surface area contributed by atoms with Crippen molar-refractivity contribution in [3.8, 4) is 0 Å². The number of aliphatic carboxylic acids is 1. The van der Waals surface area contributed by atoms with E-state index in [-0.39, 0.29) is 27.6 Å². The maximum absolute atomic E-state index is 12.9. The lowest BCUT2D eigenvalue weighted by Crippen LogP contribution is -2.66. The van der Waals surface area contributed by atoms with E-state index in [1.165, 1.54) is 18.4 Å². The van der Waals surface area contributed by atoms with Gasteiger partial charge >= 0.3 is 5.97 Å². The van der Waals surface area contributed by atoms with Gasteiger partial charge in [-0.25, -0.2) is 0 Å². The van der Waals surface area contributed by atoms with Crippen LogP contribution in [0.4, 0.5) is 0 Å². The van der Waals surface area contributed by atoms with Crippen molar-refractivity contribution in [3.63, 3.8) is 0 Å². The highest BCUT2D eigenvalue weighted by Gasteiger charge is 2.72. The van der Waals surface area contributed by atoms with Crippen molar-refractivity contribution in [2.24, 2.45) is 56.7 Å². The van der Waals surface area contributed by atoms with Gasteiger partial charge in [-0.3, -0.25) is 9.59 Å². The van der Waals surface area contributed by atoms with Crippen molar-refractivity contribution in [1.29, 1.82) is 0 Å². The number of hydrogen-bond acceptors (Lipinski definition) is 2.